The van der Waals surface area contributed by atoms with Crippen LogP contribution in [0.2, 0.25) is 0 Å². The molecule has 1 N–H and O–H groups in total. The largest absolute Gasteiger partial charge is 0.391 e. The normalized spacial score (nSPS) is 13.9. The molecule has 98 valence electrons. The molecule has 0 aliphatic rings. The fraction of sp³-hybridized carbons (Fsp3) is 0.727. The number of alkyl halides is 3. The molecular formula is C11H18F3N3. The van der Waals surface area contributed by atoms with E-state index in [1.54, 1.807) is 13.1 Å². The minimum Gasteiger partial charge on any atom is -0.334 e. The Bertz CT molecular complexity index is 333. The lowest BCUT2D eigenvalue weighted by molar-refractivity contribution is -0.141. The molecule has 3 nitrogen and oxygen atoms in total. The van der Waals surface area contributed by atoms with E-state index < -0.39 is 18.6 Å². The van der Waals surface area contributed by atoms with Crippen molar-refractivity contribution < 1.29 is 13.2 Å². The Labute approximate surface area is 99.0 Å². The van der Waals surface area contributed by atoms with Crippen LogP contribution in [0.1, 0.15) is 38.4 Å². The predicted octanol–water partition coefficient (Wildman–Crippen LogP) is 2.90. The summed E-state index contributed by atoms with van der Waals surface area (Å²) in [7, 11) is 0. The van der Waals surface area contributed by atoms with Crippen molar-refractivity contribution in [2.45, 2.75) is 45.5 Å². The summed E-state index contributed by atoms with van der Waals surface area (Å²) in [5.74, 6) is 0. The van der Waals surface area contributed by atoms with Crippen LogP contribution in [0.5, 0.6) is 0 Å². The Kier molecular flexibility index (Phi) is 4.99. The molecule has 0 spiro atoms. The maximum absolute atomic E-state index is 12.2. The van der Waals surface area contributed by atoms with Crippen LogP contribution in [0.3, 0.4) is 0 Å². The SMILES string of the molecule is CCCNCc1cn(C(C)CC(F)(F)F)cn1. The molecule has 1 rings (SSSR count). The van der Waals surface area contributed by atoms with E-state index in [1.807, 2.05) is 0 Å². The highest BCUT2D eigenvalue weighted by Crippen LogP contribution is 2.27. The molecule has 0 amide bonds. The van der Waals surface area contributed by atoms with Crippen molar-refractivity contribution in [1.82, 2.24) is 14.9 Å². The molecule has 1 aromatic rings. The van der Waals surface area contributed by atoms with Gasteiger partial charge in [0.25, 0.3) is 0 Å². The van der Waals surface area contributed by atoms with E-state index in [2.05, 4.69) is 17.2 Å². The number of nitrogens with zero attached hydrogens (tertiary/aromatic N) is 2. The van der Waals surface area contributed by atoms with Crippen LogP contribution in [-0.2, 0) is 6.54 Å². The standard InChI is InChI=1S/C11H18F3N3/c1-3-4-15-6-10-7-17(8-16-10)9(2)5-11(12,13)14/h7-9,15H,3-6H2,1-2H3. The molecular weight excluding hydrogens is 231 g/mol. The first-order chi connectivity index (χ1) is 7.92. The molecule has 6 heteroatoms. The molecule has 0 saturated carbocycles. The summed E-state index contributed by atoms with van der Waals surface area (Å²) in [6, 6.07) is -0.609. The summed E-state index contributed by atoms with van der Waals surface area (Å²) in [6.07, 6.45) is -0.820. The van der Waals surface area contributed by atoms with Gasteiger partial charge in [0, 0.05) is 18.8 Å². The lowest BCUT2D eigenvalue weighted by atomic mass is 10.2. The van der Waals surface area contributed by atoms with Crippen LogP contribution in [0, 0.1) is 0 Å². The van der Waals surface area contributed by atoms with Crippen molar-refractivity contribution in [2.24, 2.45) is 0 Å². The van der Waals surface area contributed by atoms with Gasteiger partial charge in [-0.25, -0.2) is 4.98 Å². The van der Waals surface area contributed by atoms with Gasteiger partial charge < -0.3 is 9.88 Å². The highest BCUT2D eigenvalue weighted by molar-refractivity contribution is 4.97. The third kappa shape index (κ3) is 5.21. The van der Waals surface area contributed by atoms with Crippen LogP contribution >= 0.6 is 0 Å². The van der Waals surface area contributed by atoms with Crippen LogP contribution < -0.4 is 5.32 Å². The zero-order chi connectivity index (χ0) is 12.9. The fourth-order valence-corrected chi connectivity index (χ4v) is 1.55. The monoisotopic (exact) mass is 249 g/mol. The highest BCUT2D eigenvalue weighted by Gasteiger charge is 2.30. The zero-order valence-corrected chi connectivity index (χ0v) is 10.1. The average molecular weight is 249 g/mol. The highest BCUT2D eigenvalue weighted by atomic mass is 19.4. The van der Waals surface area contributed by atoms with Gasteiger partial charge in [-0.1, -0.05) is 6.92 Å². The number of nitrogens with one attached hydrogen (secondary N) is 1. The molecule has 0 bridgehead atoms. The van der Waals surface area contributed by atoms with Gasteiger partial charge in [-0.15, -0.1) is 0 Å². The third-order valence-electron chi connectivity index (χ3n) is 2.42. The van der Waals surface area contributed by atoms with Gasteiger partial charge in [-0.2, -0.15) is 13.2 Å². The molecule has 0 aliphatic heterocycles. The summed E-state index contributed by atoms with van der Waals surface area (Å²) in [5.41, 5.74) is 0.771. The number of imidazole rings is 1. The number of hydrogen-bond donors (Lipinski definition) is 1. The second-order valence-electron chi connectivity index (χ2n) is 4.16. The van der Waals surface area contributed by atoms with Gasteiger partial charge in [0.2, 0.25) is 0 Å². The lowest BCUT2D eigenvalue weighted by Crippen LogP contribution is -2.16. The van der Waals surface area contributed by atoms with E-state index >= 15 is 0 Å². The Morgan fingerprint density at radius 3 is 2.76 bits per heavy atom. The molecule has 0 aromatic carbocycles. The van der Waals surface area contributed by atoms with Gasteiger partial charge >= 0.3 is 6.18 Å². The van der Waals surface area contributed by atoms with Crippen molar-refractivity contribution in [3.8, 4) is 0 Å². The maximum Gasteiger partial charge on any atom is 0.391 e. The predicted molar refractivity (Wildman–Crippen MR) is 59.6 cm³/mol. The second kappa shape index (κ2) is 6.05. The van der Waals surface area contributed by atoms with Gasteiger partial charge in [-0.3, -0.25) is 0 Å². The van der Waals surface area contributed by atoms with Gasteiger partial charge in [0.15, 0.2) is 0 Å². The maximum atomic E-state index is 12.2. The first-order valence-corrected chi connectivity index (χ1v) is 5.72. The van der Waals surface area contributed by atoms with E-state index in [0.717, 1.165) is 18.7 Å². The smallest absolute Gasteiger partial charge is 0.334 e. The van der Waals surface area contributed by atoms with E-state index in [0.29, 0.717) is 6.54 Å². The summed E-state index contributed by atoms with van der Waals surface area (Å²) >= 11 is 0. The molecule has 1 aromatic heterocycles. The van der Waals surface area contributed by atoms with Gasteiger partial charge in [-0.05, 0) is 19.9 Å². The fourth-order valence-electron chi connectivity index (χ4n) is 1.55. The van der Waals surface area contributed by atoms with E-state index in [9.17, 15) is 13.2 Å². The van der Waals surface area contributed by atoms with Gasteiger partial charge in [0.05, 0.1) is 18.4 Å². The first-order valence-electron chi connectivity index (χ1n) is 5.72. The number of hydrogen-bond acceptors (Lipinski definition) is 2. The number of rotatable bonds is 6. The van der Waals surface area contributed by atoms with Crippen molar-refractivity contribution in [1.29, 1.82) is 0 Å². The number of aromatic nitrogens is 2. The Morgan fingerprint density at radius 1 is 1.47 bits per heavy atom. The molecule has 0 radical (unpaired) electrons. The average Bonchev–Trinajstić information content (AvgIpc) is 2.64. The van der Waals surface area contributed by atoms with E-state index in [1.165, 1.54) is 10.9 Å². The molecule has 0 fully saturated rings. The molecule has 1 unspecified atom stereocenters. The Morgan fingerprint density at radius 2 is 2.18 bits per heavy atom. The first kappa shape index (κ1) is 14.0. The number of halogens is 3. The zero-order valence-electron chi connectivity index (χ0n) is 10.1. The Balaban J connectivity index is 2.49. The van der Waals surface area contributed by atoms with Crippen molar-refractivity contribution in [3.63, 3.8) is 0 Å². The van der Waals surface area contributed by atoms with Crippen molar-refractivity contribution in [3.05, 3.63) is 18.2 Å². The van der Waals surface area contributed by atoms with Crippen LogP contribution in [0.15, 0.2) is 12.5 Å². The lowest BCUT2D eigenvalue weighted by Gasteiger charge is -2.14. The van der Waals surface area contributed by atoms with Crippen LogP contribution in [-0.4, -0.2) is 22.3 Å². The van der Waals surface area contributed by atoms with Crippen molar-refractivity contribution in [2.75, 3.05) is 6.54 Å². The molecule has 1 heterocycles. The van der Waals surface area contributed by atoms with Crippen molar-refractivity contribution >= 4 is 0 Å². The van der Waals surface area contributed by atoms with Crippen LogP contribution in [0.25, 0.3) is 0 Å². The molecule has 17 heavy (non-hydrogen) atoms. The quantitative estimate of drug-likeness (QED) is 0.786. The second-order valence-corrected chi connectivity index (χ2v) is 4.16. The van der Waals surface area contributed by atoms with Gasteiger partial charge in [0.1, 0.15) is 0 Å². The van der Waals surface area contributed by atoms with E-state index in [-0.39, 0.29) is 0 Å². The van der Waals surface area contributed by atoms with E-state index in [4.69, 9.17) is 0 Å². The Hall–Kier alpha value is -1.04. The molecule has 0 saturated heterocycles. The minimum atomic E-state index is -4.13. The third-order valence-corrected chi connectivity index (χ3v) is 2.42. The molecule has 0 aliphatic carbocycles. The topological polar surface area (TPSA) is 29.9 Å². The molecule has 1 atom stereocenters. The van der Waals surface area contributed by atoms with Crippen LogP contribution in [0.4, 0.5) is 13.2 Å². The minimum absolute atomic E-state index is 0.597. The summed E-state index contributed by atoms with van der Waals surface area (Å²) in [5, 5.41) is 3.15. The summed E-state index contributed by atoms with van der Waals surface area (Å²) in [4.78, 5) is 4.07. The summed E-state index contributed by atoms with van der Waals surface area (Å²) in [6.45, 7) is 5.07. The summed E-state index contributed by atoms with van der Waals surface area (Å²) < 4.78 is 38.1.